The number of benzene rings is 1. The van der Waals surface area contributed by atoms with E-state index >= 15 is 0 Å². The second kappa shape index (κ2) is 4.15. The molecular weight excluding hydrogens is 214 g/mol. The van der Waals surface area contributed by atoms with Gasteiger partial charge in [0.25, 0.3) is 5.91 Å². The standard InChI is InChI=1S/C14H19NO2/c1-13(2,3)17-15-12(16)14(9-10-14)11-7-5-4-6-8-11/h4-8H,9-10H2,1-3H3,(H,15,16). The Kier molecular flexibility index (Phi) is 2.96. The Morgan fingerprint density at radius 2 is 1.82 bits per heavy atom. The Hall–Kier alpha value is -1.35. The van der Waals surface area contributed by atoms with Gasteiger partial charge in [-0.05, 0) is 39.2 Å². The summed E-state index contributed by atoms with van der Waals surface area (Å²) in [6.07, 6.45) is 1.80. The molecular formula is C14H19NO2. The van der Waals surface area contributed by atoms with E-state index in [1.54, 1.807) is 0 Å². The topological polar surface area (TPSA) is 38.3 Å². The van der Waals surface area contributed by atoms with Gasteiger partial charge in [0.2, 0.25) is 0 Å². The maximum Gasteiger partial charge on any atom is 0.254 e. The van der Waals surface area contributed by atoms with Gasteiger partial charge in [-0.2, -0.15) is 0 Å². The summed E-state index contributed by atoms with van der Waals surface area (Å²) in [7, 11) is 0. The molecule has 0 aliphatic heterocycles. The Morgan fingerprint density at radius 1 is 1.24 bits per heavy atom. The molecule has 1 saturated carbocycles. The average Bonchev–Trinajstić information content (AvgIpc) is 3.07. The van der Waals surface area contributed by atoms with Gasteiger partial charge in [0.15, 0.2) is 0 Å². The SMILES string of the molecule is CC(C)(C)ONC(=O)C1(c2ccccc2)CC1. The normalized spacial score (nSPS) is 17.6. The maximum atomic E-state index is 12.1. The van der Waals surface area contributed by atoms with E-state index in [0.717, 1.165) is 18.4 Å². The zero-order chi connectivity index (χ0) is 12.5. The Labute approximate surface area is 102 Å². The van der Waals surface area contributed by atoms with Crippen LogP contribution in [0.4, 0.5) is 0 Å². The molecule has 1 amide bonds. The van der Waals surface area contributed by atoms with E-state index in [9.17, 15) is 4.79 Å². The maximum absolute atomic E-state index is 12.1. The molecule has 17 heavy (non-hydrogen) atoms. The molecule has 0 unspecified atom stereocenters. The average molecular weight is 233 g/mol. The van der Waals surface area contributed by atoms with E-state index in [2.05, 4.69) is 5.48 Å². The molecule has 0 radical (unpaired) electrons. The molecule has 0 bridgehead atoms. The predicted molar refractivity (Wildman–Crippen MR) is 66.3 cm³/mol. The van der Waals surface area contributed by atoms with Gasteiger partial charge in [-0.3, -0.25) is 9.63 Å². The van der Waals surface area contributed by atoms with E-state index in [4.69, 9.17) is 4.84 Å². The van der Waals surface area contributed by atoms with Gasteiger partial charge in [0, 0.05) is 0 Å². The van der Waals surface area contributed by atoms with E-state index < -0.39 is 0 Å². The van der Waals surface area contributed by atoms with Crippen LogP contribution in [0.2, 0.25) is 0 Å². The summed E-state index contributed by atoms with van der Waals surface area (Å²) in [6, 6.07) is 9.90. The molecule has 0 aromatic heterocycles. The number of hydrogen-bond donors (Lipinski definition) is 1. The summed E-state index contributed by atoms with van der Waals surface area (Å²) in [5.74, 6) is -0.0291. The second-order valence-electron chi connectivity index (χ2n) is 5.59. The summed E-state index contributed by atoms with van der Waals surface area (Å²) < 4.78 is 0. The van der Waals surface area contributed by atoms with Crippen LogP contribution in [0.1, 0.15) is 39.2 Å². The molecule has 0 atom stereocenters. The number of rotatable bonds is 3. The molecule has 0 heterocycles. The van der Waals surface area contributed by atoms with Gasteiger partial charge in [0.1, 0.15) is 0 Å². The van der Waals surface area contributed by atoms with Crippen LogP contribution < -0.4 is 5.48 Å². The number of hydrogen-bond acceptors (Lipinski definition) is 2. The molecule has 1 aromatic carbocycles. The summed E-state index contributed by atoms with van der Waals surface area (Å²) in [5.41, 5.74) is 2.95. The first kappa shape index (κ1) is 12.1. The van der Waals surface area contributed by atoms with E-state index in [0.29, 0.717) is 0 Å². The lowest BCUT2D eigenvalue weighted by Gasteiger charge is -2.22. The van der Waals surface area contributed by atoms with Crippen LogP contribution >= 0.6 is 0 Å². The highest BCUT2D eigenvalue weighted by Crippen LogP contribution is 2.48. The first-order valence-electron chi connectivity index (χ1n) is 5.98. The molecule has 1 aromatic rings. The number of carbonyl (C=O) groups excluding carboxylic acids is 1. The third-order valence-electron chi connectivity index (χ3n) is 2.96. The highest BCUT2D eigenvalue weighted by Gasteiger charge is 2.51. The first-order valence-corrected chi connectivity index (χ1v) is 5.98. The highest BCUT2D eigenvalue weighted by molar-refractivity contribution is 5.90. The molecule has 0 saturated heterocycles. The van der Waals surface area contributed by atoms with Gasteiger partial charge < -0.3 is 0 Å². The van der Waals surface area contributed by atoms with Crippen molar-refractivity contribution in [3.63, 3.8) is 0 Å². The van der Waals surface area contributed by atoms with E-state index in [1.807, 2.05) is 51.1 Å². The zero-order valence-corrected chi connectivity index (χ0v) is 10.6. The Balaban J connectivity index is 2.05. The molecule has 3 nitrogen and oxygen atoms in total. The lowest BCUT2D eigenvalue weighted by Crippen LogP contribution is -2.39. The summed E-state index contributed by atoms with van der Waals surface area (Å²) in [6.45, 7) is 5.74. The van der Waals surface area contributed by atoms with Crippen molar-refractivity contribution >= 4 is 5.91 Å². The van der Waals surface area contributed by atoms with Crippen molar-refractivity contribution in [3.8, 4) is 0 Å². The van der Waals surface area contributed by atoms with Crippen molar-refractivity contribution in [3.05, 3.63) is 35.9 Å². The van der Waals surface area contributed by atoms with Crippen LogP contribution in [0.5, 0.6) is 0 Å². The van der Waals surface area contributed by atoms with Crippen molar-refractivity contribution in [2.45, 2.75) is 44.6 Å². The molecule has 1 aliphatic carbocycles. The smallest absolute Gasteiger partial charge is 0.254 e. The molecule has 92 valence electrons. The fourth-order valence-electron chi connectivity index (χ4n) is 1.83. The monoisotopic (exact) mass is 233 g/mol. The van der Waals surface area contributed by atoms with E-state index in [1.165, 1.54) is 0 Å². The predicted octanol–water partition coefficient (Wildman–Crippen LogP) is 2.56. The van der Waals surface area contributed by atoms with Crippen molar-refractivity contribution in [1.82, 2.24) is 5.48 Å². The summed E-state index contributed by atoms with van der Waals surface area (Å²) in [4.78, 5) is 17.5. The molecule has 1 fully saturated rings. The van der Waals surface area contributed by atoms with Crippen LogP contribution in [0.15, 0.2) is 30.3 Å². The molecule has 1 N–H and O–H groups in total. The Bertz CT molecular complexity index is 402. The van der Waals surface area contributed by atoms with Gasteiger partial charge in [-0.1, -0.05) is 30.3 Å². The molecule has 2 rings (SSSR count). The summed E-state index contributed by atoms with van der Waals surface area (Å²) >= 11 is 0. The second-order valence-corrected chi connectivity index (χ2v) is 5.59. The van der Waals surface area contributed by atoms with Crippen molar-refractivity contribution in [2.24, 2.45) is 0 Å². The lowest BCUT2D eigenvalue weighted by molar-refractivity contribution is -0.148. The zero-order valence-electron chi connectivity index (χ0n) is 10.6. The quantitative estimate of drug-likeness (QED) is 0.815. The minimum atomic E-state index is -0.359. The number of amides is 1. The summed E-state index contributed by atoms with van der Waals surface area (Å²) in [5, 5.41) is 0. The van der Waals surface area contributed by atoms with Gasteiger partial charge in [-0.15, -0.1) is 0 Å². The Morgan fingerprint density at radius 3 is 2.29 bits per heavy atom. The molecule has 1 aliphatic rings. The fraction of sp³-hybridized carbons (Fsp3) is 0.500. The first-order chi connectivity index (χ1) is 7.94. The molecule has 0 spiro atoms. The fourth-order valence-corrected chi connectivity index (χ4v) is 1.83. The third-order valence-corrected chi connectivity index (χ3v) is 2.96. The minimum Gasteiger partial charge on any atom is -0.272 e. The van der Waals surface area contributed by atoms with Crippen LogP contribution in [-0.4, -0.2) is 11.5 Å². The number of hydroxylamine groups is 1. The van der Waals surface area contributed by atoms with Crippen LogP contribution in [0, 0.1) is 0 Å². The number of carbonyl (C=O) groups is 1. The van der Waals surface area contributed by atoms with E-state index in [-0.39, 0.29) is 16.9 Å². The van der Waals surface area contributed by atoms with Crippen LogP contribution in [-0.2, 0) is 15.0 Å². The largest absolute Gasteiger partial charge is 0.272 e. The van der Waals surface area contributed by atoms with Crippen molar-refractivity contribution in [2.75, 3.05) is 0 Å². The van der Waals surface area contributed by atoms with Gasteiger partial charge >= 0.3 is 0 Å². The van der Waals surface area contributed by atoms with Gasteiger partial charge in [0.05, 0.1) is 11.0 Å². The van der Waals surface area contributed by atoms with Crippen molar-refractivity contribution < 1.29 is 9.63 Å². The number of nitrogens with one attached hydrogen (secondary N) is 1. The van der Waals surface area contributed by atoms with Crippen LogP contribution in [0.3, 0.4) is 0 Å². The third kappa shape index (κ3) is 2.67. The highest BCUT2D eigenvalue weighted by atomic mass is 16.7. The minimum absolute atomic E-state index is 0.0291. The molecule has 3 heteroatoms. The lowest BCUT2D eigenvalue weighted by atomic mass is 9.95. The van der Waals surface area contributed by atoms with Gasteiger partial charge in [-0.25, -0.2) is 5.48 Å². The van der Waals surface area contributed by atoms with Crippen LogP contribution in [0.25, 0.3) is 0 Å². The van der Waals surface area contributed by atoms with Crippen molar-refractivity contribution in [1.29, 1.82) is 0 Å².